The van der Waals surface area contributed by atoms with Crippen molar-refractivity contribution < 1.29 is 14.3 Å². The van der Waals surface area contributed by atoms with Gasteiger partial charge in [0.1, 0.15) is 11.4 Å². The molecule has 0 spiro atoms. The van der Waals surface area contributed by atoms with Gasteiger partial charge in [-0.2, -0.15) is 0 Å². The third kappa shape index (κ3) is 3.83. The molecule has 0 saturated carbocycles. The van der Waals surface area contributed by atoms with Crippen molar-refractivity contribution in [3.63, 3.8) is 0 Å². The molecule has 1 saturated heterocycles. The highest BCUT2D eigenvalue weighted by Crippen LogP contribution is 2.28. The quantitative estimate of drug-likeness (QED) is 0.919. The van der Waals surface area contributed by atoms with Crippen LogP contribution in [0.4, 0.5) is 5.69 Å². The highest BCUT2D eigenvalue weighted by molar-refractivity contribution is 5.92. The molecule has 1 aliphatic rings. The van der Waals surface area contributed by atoms with Crippen molar-refractivity contribution in [3.05, 3.63) is 48.8 Å². The number of hydrogen-bond acceptors (Lipinski definition) is 4. The second kappa shape index (κ2) is 7.04. The molecule has 3 rings (SSSR count). The van der Waals surface area contributed by atoms with Crippen molar-refractivity contribution in [3.8, 4) is 11.5 Å². The predicted octanol–water partition coefficient (Wildman–Crippen LogP) is 3.38. The Morgan fingerprint density at radius 2 is 2.18 bits per heavy atom. The van der Waals surface area contributed by atoms with Crippen molar-refractivity contribution in [1.29, 1.82) is 0 Å². The summed E-state index contributed by atoms with van der Waals surface area (Å²) >= 11 is 0. The van der Waals surface area contributed by atoms with Gasteiger partial charge >= 0.3 is 0 Å². The van der Waals surface area contributed by atoms with Crippen LogP contribution in [0.15, 0.2) is 48.8 Å². The average Bonchev–Trinajstić information content (AvgIpc) is 3.03. The number of para-hydroxylation sites is 1. The molecule has 2 heterocycles. The lowest BCUT2D eigenvalue weighted by Crippen LogP contribution is -2.19. The zero-order valence-corrected chi connectivity index (χ0v) is 12.2. The number of pyridine rings is 1. The van der Waals surface area contributed by atoms with E-state index in [9.17, 15) is 4.79 Å². The molecule has 0 aliphatic carbocycles. The van der Waals surface area contributed by atoms with Crippen molar-refractivity contribution in [2.45, 2.75) is 25.4 Å². The van der Waals surface area contributed by atoms with Crippen molar-refractivity contribution in [1.82, 2.24) is 4.98 Å². The first kappa shape index (κ1) is 14.5. The Morgan fingerprint density at radius 3 is 2.95 bits per heavy atom. The summed E-state index contributed by atoms with van der Waals surface area (Å²) in [6.07, 6.45) is 5.57. The van der Waals surface area contributed by atoms with Gasteiger partial charge in [0.25, 0.3) is 0 Å². The molecule has 2 aromatic rings. The van der Waals surface area contributed by atoms with Gasteiger partial charge in [0.05, 0.1) is 18.7 Å². The van der Waals surface area contributed by atoms with Gasteiger partial charge < -0.3 is 14.8 Å². The maximum atomic E-state index is 12.1. The molecule has 1 amide bonds. The number of ether oxygens (including phenoxy) is 2. The molecule has 1 aliphatic heterocycles. The average molecular weight is 298 g/mol. The standard InChI is InChI=1S/C17H18N2O3/c20-17(11-14-7-4-10-21-14)19-15-12-18-9-8-16(15)22-13-5-2-1-3-6-13/h1-3,5-6,8-9,12,14H,4,7,10-11H2,(H,19,20)/t14-/m0/s1. The number of nitrogens with one attached hydrogen (secondary N) is 1. The molecule has 1 fully saturated rings. The third-order valence-corrected chi connectivity index (χ3v) is 3.46. The van der Waals surface area contributed by atoms with E-state index < -0.39 is 0 Å². The lowest BCUT2D eigenvalue weighted by molar-refractivity contribution is -0.118. The molecule has 5 heteroatoms. The zero-order chi connectivity index (χ0) is 15.2. The topological polar surface area (TPSA) is 60.5 Å². The van der Waals surface area contributed by atoms with Crippen LogP contribution in [0.3, 0.4) is 0 Å². The molecule has 1 N–H and O–H groups in total. The molecule has 1 aromatic heterocycles. The minimum Gasteiger partial charge on any atom is -0.455 e. The number of hydrogen-bond donors (Lipinski definition) is 1. The van der Waals surface area contributed by atoms with Gasteiger partial charge in [0, 0.05) is 18.9 Å². The van der Waals surface area contributed by atoms with Crippen LogP contribution in [0.2, 0.25) is 0 Å². The van der Waals surface area contributed by atoms with E-state index in [1.807, 2.05) is 30.3 Å². The van der Waals surface area contributed by atoms with E-state index in [4.69, 9.17) is 9.47 Å². The Bertz CT molecular complexity index is 625. The van der Waals surface area contributed by atoms with Crippen LogP contribution in [-0.2, 0) is 9.53 Å². The summed E-state index contributed by atoms with van der Waals surface area (Å²) in [6.45, 7) is 0.743. The van der Waals surface area contributed by atoms with E-state index in [-0.39, 0.29) is 12.0 Å². The Labute approximate surface area is 129 Å². The van der Waals surface area contributed by atoms with Gasteiger partial charge in [0.2, 0.25) is 5.91 Å². The van der Waals surface area contributed by atoms with Gasteiger partial charge in [-0.25, -0.2) is 0 Å². The van der Waals surface area contributed by atoms with Gasteiger partial charge in [-0.05, 0) is 25.0 Å². The number of nitrogens with zero attached hydrogens (tertiary/aromatic N) is 1. The smallest absolute Gasteiger partial charge is 0.227 e. The normalized spacial score (nSPS) is 17.2. The highest BCUT2D eigenvalue weighted by atomic mass is 16.5. The maximum Gasteiger partial charge on any atom is 0.227 e. The number of benzene rings is 1. The molecule has 5 nitrogen and oxygen atoms in total. The van der Waals surface area contributed by atoms with Gasteiger partial charge in [-0.15, -0.1) is 0 Å². The van der Waals surface area contributed by atoms with Gasteiger partial charge in [0.15, 0.2) is 5.75 Å². The van der Waals surface area contributed by atoms with E-state index in [0.29, 0.717) is 23.6 Å². The van der Waals surface area contributed by atoms with Gasteiger partial charge in [-0.3, -0.25) is 9.78 Å². The number of carbonyl (C=O) groups excluding carboxylic acids is 1. The Kier molecular flexibility index (Phi) is 4.65. The minimum absolute atomic E-state index is 0.0233. The maximum absolute atomic E-state index is 12.1. The first-order valence-electron chi connectivity index (χ1n) is 7.39. The molecular weight excluding hydrogens is 280 g/mol. The fraction of sp³-hybridized carbons (Fsp3) is 0.294. The monoisotopic (exact) mass is 298 g/mol. The predicted molar refractivity (Wildman–Crippen MR) is 83.0 cm³/mol. The zero-order valence-electron chi connectivity index (χ0n) is 12.2. The summed E-state index contributed by atoms with van der Waals surface area (Å²) in [5.74, 6) is 1.20. The summed E-state index contributed by atoms with van der Waals surface area (Å²) in [6, 6.07) is 11.2. The fourth-order valence-electron chi connectivity index (χ4n) is 2.39. The first-order chi connectivity index (χ1) is 10.8. The first-order valence-corrected chi connectivity index (χ1v) is 7.39. The molecule has 1 atom stereocenters. The molecule has 22 heavy (non-hydrogen) atoms. The highest BCUT2D eigenvalue weighted by Gasteiger charge is 2.19. The second-order valence-corrected chi connectivity index (χ2v) is 5.17. The van der Waals surface area contributed by atoms with Crippen molar-refractivity contribution in [2.24, 2.45) is 0 Å². The molecular formula is C17H18N2O3. The minimum atomic E-state index is -0.0854. The lowest BCUT2D eigenvalue weighted by Gasteiger charge is -2.13. The van der Waals surface area contributed by atoms with Gasteiger partial charge in [-0.1, -0.05) is 18.2 Å². The Balaban J connectivity index is 1.66. The Hall–Kier alpha value is -2.40. The van der Waals surface area contributed by atoms with Crippen LogP contribution in [0, 0.1) is 0 Å². The second-order valence-electron chi connectivity index (χ2n) is 5.17. The molecule has 114 valence electrons. The van der Waals surface area contributed by atoms with Crippen LogP contribution < -0.4 is 10.1 Å². The number of amides is 1. The van der Waals surface area contributed by atoms with Crippen LogP contribution in [0.5, 0.6) is 11.5 Å². The van der Waals surface area contributed by atoms with E-state index in [1.54, 1.807) is 18.5 Å². The van der Waals surface area contributed by atoms with Crippen LogP contribution in [0.1, 0.15) is 19.3 Å². The summed E-state index contributed by atoms with van der Waals surface area (Å²) in [4.78, 5) is 16.1. The van der Waals surface area contributed by atoms with E-state index in [2.05, 4.69) is 10.3 Å². The summed E-state index contributed by atoms with van der Waals surface area (Å²) in [7, 11) is 0. The summed E-state index contributed by atoms with van der Waals surface area (Å²) in [5.41, 5.74) is 0.564. The van der Waals surface area contributed by atoms with E-state index in [0.717, 1.165) is 19.4 Å². The van der Waals surface area contributed by atoms with Crippen molar-refractivity contribution >= 4 is 11.6 Å². The lowest BCUT2D eigenvalue weighted by atomic mass is 10.2. The molecule has 0 unspecified atom stereocenters. The summed E-state index contributed by atoms with van der Waals surface area (Å²) < 4.78 is 11.3. The van der Waals surface area contributed by atoms with Crippen LogP contribution >= 0.6 is 0 Å². The number of carbonyl (C=O) groups is 1. The molecule has 0 radical (unpaired) electrons. The van der Waals surface area contributed by atoms with E-state index >= 15 is 0 Å². The molecule has 1 aromatic carbocycles. The fourth-order valence-corrected chi connectivity index (χ4v) is 2.39. The molecule has 0 bridgehead atoms. The SMILES string of the molecule is O=C(C[C@@H]1CCCO1)Nc1cnccc1Oc1ccccc1. The van der Waals surface area contributed by atoms with Crippen molar-refractivity contribution in [2.75, 3.05) is 11.9 Å². The summed E-state index contributed by atoms with van der Waals surface area (Å²) in [5, 5.41) is 2.85. The number of aromatic nitrogens is 1. The third-order valence-electron chi connectivity index (χ3n) is 3.46. The van der Waals surface area contributed by atoms with Crippen LogP contribution in [0.25, 0.3) is 0 Å². The van der Waals surface area contributed by atoms with Crippen LogP contribution in [-0.4, -0.2) is 23.6 Å². The number of rotatable bonds is 5. The Morgan fingerprint density at radius 1 is 1.32 bits per heavy atom. The van der Waals surface area contributed by atoms with E-state index in [1.165, 1.54) is 0 Å². The largest absolute Gasteiger partial charge is 0.455 e. The number of anilines is 1.